The van der Waals surface area contributed by atoms with E-state index < -0.39 is 5.82 Å². The molecule has 1 amide bonds. The van der Waals surface area contributed by atoms with E-state index >= 15 is 4.39 Å². The molecule has 1 saturated heterocycles. The minimum atomic E-state index is -0.495. The Morgan fingerprint density at radius 3 is 2.11 bits per heavy atom. The van der Waals surface area contributed by atoms with Gasteiger partial charge < -0.3 is 15.1 Å². The largest absolute Gasteiger partial charge is 0.349 e. The molecular formula is C43H63FN8OS. The number of rotatable bonds is 22. The van der Waals surface area contributed by atoms with Crippen LogP contribution in [0.25, 0.3) is 21.5 Å². The summed E-state index contributed by atoms with van der Waals surface area (Å²) in [5.74, 6) is 0.285. The van der Waals surface area contributed by atoms with Crippen LogP contribution in [0, 0.1) is 5.82 Å². The SMILES string of the molecule is CCCCCCCCCCCCCCC(C(=O)N1CCN(C(C)C)CC1)c1ccc(Nc2ncc(F)c(-c3ccc4nc(N(CC)CC)sc4c3)n2)nc1. The lowest BCUT2D eigenvalue weighted by molar-refractivity contribution is -0.135. The molecule has 0 radical (unpaired) electrons. The van der Waals surface area contributed by atoms with Crippen LogP contribution in [0.4, 0.5) is 21.3 Å². The lowest BCUT2D eigenvalue weighted by Crippen LogP contribution is -2.51. The number of pyridine rings is 1. The van der Waals surface area contributed by atoms with E-state index in [0.29, 0.717) is 17.4 Å². The molecule has 3 aromatic heterocycles. The van der Waals surface area contributed by atoms with Crippen molar-refractivity contribution in [2.75, 3.05) is 49.5 Å². The van der Waals surface area contributed by atoms with Crippen molar-refractivity contribution < 1.29 is 9.18 Å². The number of fused-ring (bicyclic) bond motifs is 1. The van der Waals surface area contributed by atoms with Gasteiger partial charge in [0.15, 0.2) is 10.9 Å². The zero-order valence-corrected chi connectivity index (χ0v) is 34.3. The van der Waals surface area contributed by atoms with E-state index in [4.69, 9.17) is 9.97 Å². The molecule has 1 aliphatic heterocycles. The molecule has 4 heterocycles. The van der Waals surface area contributed by atoms with Gasteiger partial charge in [-0.2, -0.15) is 0 Å². The Morgan fingerprint density at radius 2 is 1.50 bits per heavy atom. The Balaban J connectivity index is 1.21. The fraction of sp³-hybridized carbons (Fsp3) is 0.605. The number of benzene rings is 1. The van der Waals surface area contributed by atoms with Crippen molar-refractivity contribution in [3.05, 3.63) is 54.1 Å². The number of piperazine rings is 1. The van der Waals surface area contributed by atoms with Gasteiger partial charge in [-0.1, -0.05) is 107 Å². The summed E-state index contributed by atoms with van der Waals surface area (Å²) >= 11 is 1.60. The van der Waals surface area contributed by atoms with Crippen molar-refractivity contribution in [2.24, 2.45) is 0 Å². The van der Waals surface area contributed by atoms with Crippen molar-refractivity contribution >= 4 is 44.4 Å². The maximum Gasteiger partial charge on any atom is 0.230 e. The van der Waals surface area contributed by atoms with Gasteiger partial charge in [-0.15, -0.1) is 0 Å². The summed E-state index contributed by atoms with van der Waals surface area (Å²) in [5.41, 5.74) is 2.70. The smallest absolute Gasteiger partial charge is 0.230 e. The first-order valence-electron chi connectivity index (χ1n) is 20.7. The third kappa shape index (κ3) is 11.7. The van der Waals surface area contributed by atoms with Crippen LogP contribution < -0.4 is 10.2 Å². The predicted octanol–water partition coefficient (Wildman–Crippen LogP) is 10.6. The Labute approximate surface area is 327 Å². The third-order valence-corrected chi connectivity index (χ3v) is 11.9. The molecule has 9 nitrogen and oxygen atoms in total. The third-order valence-electron chi connectivity index (χ3n) is 10.9. The first kappa shape index (κ1) is 41.5. The molecule has 1 fully saturated rings. The fourth-order valence-electron chi connectivity index (χ4n) is 7.42. The summed E-state index contributed by atoms with van der Waals surface area (Å²) < 4.78 is 16.1. The van der Waals surface area contributed by atoms with E-state index in [1.807, 2.05) is 36.5 Å². The summed E-state index contributed by atoms with van der Waals surface area (Å²) in [6, 6.07) is 10.1. The van der Waals surface area contributed by atoms with Gasteiger partial charge in [0.2, 0.25) is 11.9 Å². The molecule has 11 heteroatoms. The molecular weight excluding hydrogens is 696 g/mol. The molecule has 54 heavy (non-hydrogen) atoms. The molecule has 0 spiro atoms. The van der Waals surface area contributed by atoms with Gasteiger partial charge in [0.05, 0.1) is 22.3 Å². The Bertz CT molecular complexity index is 1720. The van der Waals surface area contributed by atoms with Crippen LogP contribution in [0.3, 0.4) is 0 Å². The zero-order valence-electron chi connectivity index (χ0n) is 33.5. The number of nitrogens with zero attached hydrogens (tertiary/aromatic N) is 7. The summed E-state index contributed by atoms with van der Waals surface area (Å²) in [5, 5.41) is 4.12. The lowest BCUT2D eigenvalue weighted by atomic mass is 9.92. The Kier molecular flexibility index (Phi) is 16.4. The second-order valence-electron chi connectivity index (χ2n) is 15.0. The molecule has 0 aliphatic carbocycles. The molecule has 1 aliphatic rings. The number of halogens is 1. The number of thiazole rings is 1. The van der Waals surface area contributed by atoms with E-state index in [9.17, 15) is 4.79 Å². The van der Waals surface area contributed by atoms with Crippen molar-refractivity contribution in [3.8, 4) is 11.3 Å². The van der Waals surface area contributed by atoms with Gasteiger partial charge in [0, 0.05) is 57.1 Å². The summed E-state index contributed by atoms with van der Waals surface area (Å²) in [4.78, 5) is 39.0. The highest BCUT2D eigenvalue weighted by Gasteiger charge is 2.29. The van der Waals surface area contributed by atoms with Gasteiger partial charge >= 0.3 is 0 Å². The summed E-state index contributed by atoms with van der Waals surface area (Å²) in [6.07, 6.45) is 19.3. The van der Waals surface area contributed by atoms with Gasteiger partial charge in [0.25, 0.3) is 0 Å². The van der Waals surface area contributed by atoms with Gasteiger partial charge in [0.1, 0.15) is 11.5 Å². The molecule has 5 rings (SSSR count). The van der Waals surface area contributed by atoms with Crippen LogP contribution in [0.2, 0.25) is 0 Å². The first-order chi connectivity index (χ1) is 26.3. The number of carbonyl (C=O) groups excluding carboxylic acids is 1. The Hall–Kier alpha value is -3.70. The van der Waals surface area contributed by atoms with Crippen LogP contribution in [0.5, 0.6) is 0 Å². The number of carbonyl (C=O) groups is 1. The molecule has 294 valence electrons. The number of hydrogen-bond donors (Lipinski definition) is 1. The summed E-state index contributed by atoms with van der Waals surface area (Å²) in [6.45, 7) is 16.0. The van der Waals surface area contributed by atoms with Crippen molar-refractivity contribution in [1.29, 1.82) is 0 Å². The number of hydrogen-bond acceptors (Lipinski definition) is 9. The van der Waals surface area contributed by atoms with Crippen LogP contribution in [0.1, 0.15) is 130 Å². The first-order valence-corrected chi connectivity index (χ1v) is 21.6. The van der Waals surface area contributed by atoms with Gasteiger partial charge in [-0.05, 0) is 57.9 Å². The molecule has 4 aromatic rings. The monoisotopic (exact) mass is 758 g/mol. The predicted molar refractivity (Wildman–Crippen MR) is 223 cm³/mol. The number of amides is 1. The van der Waals surface area contributed by atoms with Crippen LogP contribution in [-0.2, 0) is 4.79 Å². The highest BCUT2D eigenvalue weighted by atomic mass is 32.1. The second-order valence-corrected chi connectivity index (χ2v) is 16.0. The number of nitrogens with one attached hydrogen (secondary N) is 1. The van der Waals surface area contributed by atoms with E-state index in [1.165, 1.54) is 70.4 Å². The normalized spacial score (nSPS) is 14.2. The zero-order chi connectivity index (χ0) is 38.3. The highest BCUT2D eigenvalue weighted by Crippen LogP contribution is 2.33. The molecule has 1 unspecified atom stereocenters. The molecule has 0 bridgehead atoms. The highest BCUT2D eigenvalue weighted by molar-refractivity contribution is 7.22. The lowest BCUT2D eigenvalue weighted by Gasteiger charge is -2.38. The van der Waals surface area contributed by atoms with Crippen LogP contribution in [-0.4, -0.2) is 81.0 Å². The van der Waals surface area contributed by atoms with Gasteiger partial charge in [-0.25, -0.2) is 24.3 Å². The number of anilines is 3. The van der Waals surface area contributed by atoms with E-state index in [2.05, 4.69) is 64.6 Å². The van der Waals surface area contributed by atoms with E-state index in [-0.39, 0.29) is 23.5 Å². The number of aromatic nitrogens is 4. The van der Waals surface area contributed by atoms with E-state index in [1.54, 1.807) is 11.3 Å². The maximum atomic E-state index is 15.1. The molecule has 0 saturated carbocycles. The van der Waals surface area contributed by atoms with Crippen LogP contribution in [0.15, 0.2) is 42.7 Å². The minimum Gasteiger partial charge on any atom is -0.349 e. The molecule has 1 N–H and O–H groups in total. The summed E-state index contributed by atoms with van der Waals surface area (Å²) in [7, 11) is 0. The number of unbranched alkanes of at least 4 members (excludes halogenated alkanes) is 11. The minimum absolute atomic E-state index is 0.206. The second kappa shape index (κ2) is 21.4. The van der Waals surface area contributed by atoms with Gasteiger partial charge in [-0.3, -0.25) is 9.69 Å². The topological polar surface area (TPSA) is 90.4 Å². The average Bonchev–Trinajstić information content (AvgIpc) is 3.61. The molecule has 1 atom stereocenters. The quantitative estimate of drug-likeness (QED) is 0.0793. The average molecular weight is 759 g/mol. The van der Waals surface area contributed by atoms with Crippen molar-refractivity contribution in [3.63, 3.8) is 0 Å². The molecule has 1 aromatic carbocycles. The van der Waals surface area contributed by atoms with E-state index in [0.717, 1.165) is 79.4 Å². The fourth-order valence-corrected chi connectivity index (χ4v) is 8.55. The van der Waals surface area contributed by atoms with Crippen molar-refractivity contribution in [1.82, 2.24) is 29.7 Å². The Morgan fingerprint density at radius 1 is 0.833 bits per heavy atom. The standard InChI is InChI=1S/C43H63FN8OS/c1-6-9-10-11-12-13-14-15-16-17-18-19-20-35(41(53)52-27-25-51(26-28-52)32(4)5)34-22-24-39(45-30-34)48-42-46-31-36(44)40(49-42)33-21-23-37-38(29-33)54-43(47-37)50(7-2)8-3/h21-24,29-32,35H,6-20,25-28H2,1-5H3,(H,45,46,48,49). The van der Waals surface area contributed by atoms with Crippen LogP contribution >= 0.6 is 11.3 Å². The van der Waals surface area contributed by atoms with Crippen molar-refractivity contribution in [2.45, 2.75) is 130 Å². The maximum absolute atomic E-state index is 15.1.